The van der Waals surface area contributed by atoms with E-state index in [2.05, 4.69) is 0 Å². The maximum Gasteiger partial charge on any atom is 0.350 e. The van der Waals surface area contributed by atoms with Crippen LogP contribution in [0.15, 0.2) is 90.0 Å². The van der Waals surface area contributed by atoms with Crippen LogP contribution in [0.2, 0.25) is 0 Å². The van der Waals surface area contributed by atoms with E-state index in [1.807, 2.05) is 71.6 Å². The summed E-state index contributed by atoms with van der Waals surface area (Å²) in [6.07, 6.45) is 1.48. The number of carbonyl (C=O) groups excluding carboxylic acids is 2. The number of nitriles is 2. The average Bonchev–Trinajstić information content (AvgIpc) is 2.94. The van der Waals surface area contributed by atoms with Crippen molar-refractivity contribution < 1.29 is 19.1 Å². The second-order valence-electron chi connectivity index (χ2n) is 7.72. The molecule has 8 heteroatoms. The molecule has 0 aliphatic heterocycles. The maximum absolute atomic E-state index is 12.1. The summed E-state index contributed by atoms with van der Waals surface area (Å²) in [6, 6.07) is 27.8. The highest BCUT2D eigenvalue weighted by Crippen LogP contribution is 2.36. The Morgan fingerprint density at radius 3 is 1.84 bits per heavy atom. The highest BCUT2D eigenvalue weighted by Gasteiger charge is 2.18. The summed E-state index contributed by atoms with van der Waals surface area (Å²) in [7, 11) is 0. The number of ether oxygens (including phenoxy) is 2. The first-order valence-corrected chi connectivity index (χ1v) is 12.1. The number of rotatable bonds is 9. The molecule has 0 bridgehead atoms. The highest BCUT2D eigenvalue weighted by atomic mass is 35.5. The maximum atomic E-state index is 12.1. The monoisotopic (exact) mass is 525 g/mol. The number of hydrogen-bond donors (Lipinski definition) is 0. The third kappa shape index (κ3) is 6.67. The van der Waals surface area contributed by atoms with Gasteiger partial charge in [-0.25, -0.2) is 9.59 Å². The number of esters is 2. The van der Waals surface area contributed by atoms with Crippen LogP contribution in [0.1, 0.15) is 25.0 Å². The summed E-state index contributed by atoms with van der Waals surface area (Å²) < 4.78 is 9.85. The van der Waals surface area contributed by atoms with Gasteiger partial charge in [0.25, 0.3) is 0 Å². The first kappa shape index (κ1) is 27.7. The SMILES string of the molecule is CCOC(=O)C(C#N)=Cc1ccc(N(c2ccccc2)c2ccc(C(Cl)=C(C#N)C(=O)OCC)cc2)cc1. The summed E-state index contributed by atoms with van der Waals surface area (Å²) in [5, 5.41) is 18.7. The van der Waals surface area contributed by atoms with Crippen LogP contribution in [0.4, 0.5) is 17.1 Å². The Bertz CT molecular complexity index is 1430. The fourth-order valence-electron chi connectivity index (χ4n) is 3.55. The second-order valence-corrected chi connectivity index (χ2v) is 8.10. The molecule has 3 aromatic rings. The van der Waals surface area contributed by atoms with Gasteiger partial charge in [0, 0.05) is 17.1 Å². The molecular formula is C30H24ClN3O4. The van der Waals surface area contributed by atoms with Gasteiger partial charge < -0.3 is 14.4 Å². The molecule has 0 atom stereocenters. The van der Waals surface area contributed by atoms with Gasteiger partial charge in [0.2, 0.25) is 0 Å². The van der Waals surface area contributed by atoms with Crippen molar-refractivity contribution in [1.29, 1.82) is 10.5 Å². The predicted molar refractivity (Wildman–Crippen MR) is 146 cm³/mol. The first-order chi connectivity index (χ1) is 18.4. The summed E-state index contributed by atoms with van der Waals surface area (Å²) in [5.41, 5.74) is 3.33. The minimum Gasteiger partial charge on any atom is -0.462 e. The van der Waals surface area contributed by atoms with Gasteiger partial charge in [0.05, 0.1) is 18.2 Å². The molecule has 0 radical (unpaired) electrons. The number of halogens is 1. The van der Waals surface area contributed by atoms with Crippen LogP contribution < -0.4 is 4.90 Å². The lowest BCUT2D eigenvalue weighted by Gasteiger charge is -2.25. The molecule has 0 fully saturated rings. The molecule has 38 heavy (non-hydrogen) atoms. The zero-order chi connectivity index (χ0) is 27.5. The van der Waals surface area contributed by atoms with Crippen molar-refractivity contribution in [2.75, 3.05) is 18.1 Å². The molecule has 3 rings (SSSR count). The fraction of sp³-hybridized carbons (Fsp3) is 0.133. The van der Waals surface area contributed by atoms with Gasteiger partial charge in [-0.1, -0.05) is 54.1 Å². The van der Waals surface area contributed by atoms with Crippen LogP contribution in [0.5, 0.6) is 0 Å². The van der Waals surface area contributed by atoms with Gasteiger partial charge in [-0.15, -0.1) is 0 Å². The zero-order valence-corrected chi connectivity index (χ0v) is 21.6. The molecule has 0 spiro atoms. The van der Waals surface area contributed by atoms with Crippen molar-refractivity contribution in [3.63, 3.8) is 0 Å². The fourth-order valence-corrected chi connectivity index (χ4v) is 3.79. The number of nitrogens with zero attached hydrogens (tertiary/aromatic N) is 3. The van der Waals surface area contributed by atoms with Crippen molar-refractivity contribution in [3.8, 4) is 12.1 Å². The second kappa shape index (κ2) is 13.5. The van der Waals surface area contributed by atoms with Crippen molar-refractivity contribution in [1.82, 2.24) is 0 Å². The van der Waals surface area contributed by atoms with E-state index in [0.717, 1.165) is 17.1 Å². The summed E-state index contributed by atoms with van der Waals surface area (Å²) in [5.74, 6) is -1.44. The Morgan fingerprint density at radius 2 is 1.32 bits per heavy atom. The van der Waals surface area contributed by atoms with Crippen LogP contribution >= 0.6 is 11.6 Å². The minimum absolute atomic E-state index is 0.00907. The quantitative estimate of drug-likeness (QED) is 0.175. The molecule has 190 valence electrons. The molecule has 0 saturated heterocycles. The van der Waals surface area contributed by atoms with Crippen LogP contribution in [0, 0.1) is 22.7 Å². The normalized spacial score (nSPS) is 11.4. The van der Waals surface area contributed by atoms with E-state index in [9.17, 15) is 20.1 Å². The van der Waals surface area contributed by atoms with E-state index in [0.29, 0.717) is 11.1 Å². The average molecular weight is 526 g/mol. The number of anilines is 3. The molecular weight excluding hydrogens is 502 g/mol. The number of carbonyl (C=O) groups is 2. The highest BCUT2D eigenvalue weighted by molar-refractivity contribution is 6.51. The zero-order valence-electron chi connectivity index (χ0n) is 20.8. The van der Waals surface area contributed by atoms with Crippen molar-refractivity contribution in [2.24, 2.45) is 0 Å². The van der Waals surface area contributed by atoms with E-state index >= 15 is 0 Å². The van der Waals surface area contributed by atoms with Crippen LogP contribution in [0.3, 0.4) is 0 Å². The minimum atomic E-state index is -0.772. The van der Waals surface area contributed by atoms with E-state index in [1.54, 1.807) is 38.1 Å². The molecule has 7 nitrogen and oxygen atoms in total. The predicted octanol–water partition coefficient (Wildman–Crippen LogP) is 6.66. The summed E-state index contributed by atoms with van der Waals surface area (Å²) in [6.45, 7) is 3.65. The van der Waals surface area contributed by atoms with Gasteiger partial charge in [0.1, 0.15) is 17.7 Å². The Kier molecular flexibility index (Phi) is 9.82. The van der Waals surface area contributed by atoms with E-state index in [4.69, 9.17) is 21.1 Å². The molecule has 0 unspecified atom stereocenters. The molecule has 0 aliphatic carbocycles. The Labute approximate surface area is 226 Å². The molecule has 3 aromatic carbocycles. The number of hydrogen-bond acceptors (Lipinski definition) is 7. The van der Waals surface area contributed by atoms with Gasteiger partial charge >= 0.3 is 11.9 Å². The molecule has 0 aromatic heterocycles. The van der Waals surface area contributed by atoms with Gasteiger partial charge in [-0.2, -0.15) is 10.5 Å². The lowest BCUT2D eigenvalue weighted by molar-refractivity contribution is -0.138. The third-order valence-corrected chi connectivity index (χ3v) is 5.69. The van der Waals surface area contributed by atoms with Crippen molar-refractivity contribution in [3.05, 3.63) is 101 Å². The molecule has 0 N–H and O–H groups in total. The molecule has 0 amide bonds. The van der Waals surface area contributed by atoms with Gasteiger partial charge in [-0.3, -0.25) is 0 Å². The number of para-hydroxylation sites is 1. The standard InChI is InChI=1S/C30H24ClN3O4/c1-3-37-29(35)23(19-32)18-21-10-14-25(15-11-21)34(24-8-6-5-7-9-24)26-16-12-22(13-17-26)28(31)27(20-33)30(36)38-4-2/h5-18H,3-4H2,1-2H3. The smallest absolute Gasteiger partial charge is 0.350 e. The van der Waals surface area contributed by atoms with Crippen LogP contribution in [-0.4, -0.2) is 25.2 Å². The third-order valence-electron chi connectivity index (χ3n) is 5.28. The van der Waals surface area contributed by atoms with E-state index < -0.39 is 11.9 Å². The lowest BCUT2D eigenvalue weighted by Crippen LogP contribution is -2.10. The van der Waals surface area contributed by atoms with Gasteiger partial charge in [-0.05, 0) is 67.4 Å². The van der Waals surface area contributed by atoms with E-state index in [-0.39, 0.29) is 29.4 Å². The van der Waals surface area contributed by atoms with Crippen molar-refractivity contribution in [2.45, 2.75) is 13.8 Å². The van der Waals surface area contributed by atoms with Crippen LogP contribution in [0.25, 0.3) is 11.1 Å². The van der Waals surface area contributed by atoms with Gasteiger partial charge in [0.15, 0.2) is 5.57 Å². The lowest BCUT2D eigenvalue weighted by atomic mass is 10.1. The molecule has 0 aliphatic rings. The Morgan fingerprint density at radius 1 is 0.789 bits per heavy atom. The summed E-state index contributed by atoms with van der Waals surface area (Å²) in [4.78, 5) is 26.0. The topological polar surface area (TPSA) is 103 Å². The summed E-state index contributed by atoms with van der Waals surface area (Å²) >= 11 is 6.36. The largest absolute Gasteiger partial charge is 0.462 e. The number of benzene rings is 3. The molecule has 0 heterocycles. The first-order valence-electron chi connectivity index (χ1n) is 11.7. The molecule has 0 saturated carbocycles. The van der Waals surface area contributed by atoms with Crippen LogP contribution in [-0.2, 0) is 19.1 Å². The van der Waals surface area contributed by atoms with E-state index in [1.165, 1.54) is 6.08 Å². The Hall–Kier alpha value is -4.85. The Balaban J connectivity index is 1.99. The van der Waals surface area contributed by atoms with Crippen molar-refractivity contribution >= 4 is 51.7 Å².